The molecule has 3 aromatic rings. The number of hydrogen-bond donors (Lipinski definition) is 1. The van der Waals surface area contributed by atoms with Gasteiger partial charge in [0.2, 0.25) is 5.95 Å². The van der Waals surface area contributed by atoms with Gasteiger partial charge in [0.15, 0.2) is 5.82 Å². The molecule has 3 rings (SSSR count). The van der Waals surface area contributed by atoms with Gasteiger partial charge in [-0.25, -0.2) is 4.39 Å². The van der Waals surface area contributed by atoms with Gasteiger partial charge in [-0.1, -0.05) is 6.07 Å². The van der Waals surface area contributed by atoms with Crippen molar-refractivity contribution in [1.29, 1.82) is 0 Å². The lowest BCUT2D eigenvalue weighted by molar-refractivity contribution is 0.579. The summed E-state index contributed by atoms with van der Waals surface area (Å²) < 4.78 is 27.1. The summed E-state index contributed by atoms with van der Waals surface area (Å²) in [5.74, 6) is -1.01. The van der Waals surface area contributed by atoms with Crippen molar-refractivity contribution < 1.29 is 8.78 Å². The first-order chi connectivity index (χ1) is 8.65. The number of hydrogen-bond acceptors (Lipinski definition) is 2. The van der Waals surface area contributed by atoms with Crippen LogP contribution in [0.3, 0.4) is 0 Å². The van der Waals surface area contributed by atoms with Crippen LogP contribution in [0.2, 0.25) is 0 Å². The van der Waals surface area contributed by atoms with Gasteiger partial charge < -0.3 is 0 Å². The largest absolute Gasteiger partial charge is 0.268 e. The van der Waals surface area contributed by atoms with E-state index >= 15 is 0 Å². The van der Waals surface area contributed by atoms with E-state index in [2.05, 4.69) is 10.2 Å². The minimum absolute atomic E-state index is 0.128. The Balaban J connectivity index is 2.32. The number of nitrogens with zero attached hydrogens (tertiary/aromatic N) is 2. The lowest BCUT2D eigenvalue weighted by atomic mass is 10.2. The predicted molar refractivity (Wildman–Crippen MR) is 61.6 cm³/mol. The van der Waals surface area contributed by atoms with Crippen molar-refractivity contribution in [2.24, 2.45) is 0 Å². The fourth-order valence-corrected chi connectivity index (χ4v) is 1.80. The molecular weight excluding hydrogens is 240 g/mol. The fourth-order valence-electron chi connectivity index (χ4n) is 1.80. The molecule has 1 N–H and O–H groups in total. The Morgan fingerprint density at radius 1 is 1.17 bits per heavy atom. The van der Waals surface area contributed by atoms with E-state index in [-0.39, 0.29) is 11.2 Å². The summed E-state index contributed by atoms with van der Waals surface area (Å²) >= 11 is 0. The maximum absolute atomic E-state index is 13.1. The van der Waals surface area contributed by atoms with Crippen molar-refractivity contribution in [1.82, 2.24) is 14.8 Å². The zero-order valence-electron chi connectivity index (χ0n) is 9.02. The number of nitrogens with one attached hydrogen (secondary N) is 1. The molecule has 90 valence electrons. The van der Waals surface area contributed by atoms with Gasteiger partial charge in [-0.2, -0.15) is 9.49 Å². The predicted octanol–water partition coefficient (Wildman–Crippen LogP) is 1.99. The number of pyridine rings is 1. The zero-order valence-corrected chi connectivity index (χ0v) is 9.02. The van der Waals surface area contributed by atoms with Crippen LogP contribution in [0.1, 0.15) is 0 Å². The first kappa shape index (κ1) is 10.6. The van der Waals surface area contributed by atoms with Gasteiger partial charge in [-0.15, -0.1) is 0 Å². The molecule has 0 saturated heterocycles. The number of rotatable bonds is 1. The molecule has 0 aliphatic carbocycles. The third-order valence-electron chi connectivity index (χ3n) is 2.65. The van der Waals surface area contributed by atoms with Gasteiger partial charge in [0, 0.05) is 12.3 Å². The van der Waals surface area contributed by atoms with E-state index in [0.717, 1.165) is 16.7 Å². The highest BCUT2D eigenvalue weighted by Gasteiger charge is 2.08. The molecule has 0 fully saturated rings. The summed E-state index contributed by atoms with van der Waals surface area (Å²) in [7, 11) is 0. The lowest BCUT2D eigenvalue weighted by Gasteiger charge is -2.03. The third kappa shape index (κ3) is 1.58. The van der Waals surface area contributed by atoms with Gasteiger partial charge in [-0.05, 0) is 23.6 Å². The highest BCUT2D eigenvalue weighted by atomic mass is 19.1. The second-order valence-electron chi connectivity index (χ2n) is 3.80. The standard InChI is InChI=1S/C12H7F2N3O/c13-8-2-1-7-3-4-17(12(18)9(7)5-8)11-6-10(14)15-16-11/h1-6H,(H,15,16). The van der Waals surface area contributed by atoms with Crippen LogP contribution < -0.4 is 5.56 Å². The number of aromatic nitrogens is 3. The van der Waals surface area contributed by atoms with Crippen LogP contribution in [-0.2, 0) is 0 Å². The summed E-state index contributed by atoms with van der Waals surface area (Å²) in [5.41, 5.74) is -0.446. The van der Waals surface area contributed by atoms with Crippen LogP contribution in [0.15, 0.2) is 41.3 Å². The van der Waals surface area contributed by atoms with Crippen LogP contribution in [0, 0.1) is 11.8 Å². The molecule has 1 aromatic carbocycles. The molecular formula is C12H7F2N3O. The molecule has 0 saturated carbocycles. The van der Waals surface area contributed by atoms with Crippen molar-refractivity contribution >= 4 is 10.8 Å². The molecule has 18 heavy (non-hydrogen) atoms. The first-order valence-electron chi connectivity index (χ1n) is 5.17. The van der Waals surface area contributed by atoms with Crippen molar-refractivity contribution in [3.8, 4) is 5.82 Å². The molecule has 0 amide bonds. The van der Waals surface area contributed by atoms with Gasteiger partial charge in [0.1, 0.15) is 5.82 Å². The quantitative estimate of drug-likeness (QED) is 0.715. The SMILES string of the molecule is O=c1c2cc(F)ccc2ccn1-c1cc(F)[nH]n1. The van der Waals surface area contributed by atoms with E-state index in [1.807, 2.05) is 0 Å². The van der Waals surface area contributed by atoms with E-state index in [1.54, 1.807) is 6.07 Å². The first-order valence-corrected chi connectivity index (χ1v) is 5.17. The number of benzene rings is 1. The maximum atomic E-state index is 13.1. The number of fused-ring (bicyclic) bond motifs is 1. The number of aromatic amines is 1. The average Bonchev–Trinajstić information content (AvgIpc) is 2.77. The smallest absolute Gasteiger partial charge is 0.264 e. The van der Waals surface area contributed by atoms with E-state index < -0.39 is 17.3 Å². The second-order valence-corrected chi connectivity index (χ2v) is 3.80. The summed E-state index contributed by atoms with van der Waals surface area (Å²) in [5, 5.41) is 6.59. The summed E-state index contributed by atoms with van der Waals surface area (Å²) in [6.45, 7) is 0. The molecule has 0 aliphatic rings. The molecule has 6 heteroatoms. The normalized spacial score (nSPS) is 11.0. The van der Waals surface area contributed by atoms with Gasteiger partial charge in [0.05, 0.1) is 5.39 Å². The number of halogens is 2. The Morgan fingerprint density at radius 2 is 2.00 bits per heavy atom. The Morgan fingerprint density at radius 3 is 2.72 bits per heavy atom. The molecule has 0 unspecified atom stereocenters. The molecule has 2 aromatic heterocycles. The average molecular weight is 247 g/mol. The molecule has 2 heterocycles. The molecule has 0 aliphatic heterocycles. The van der Waals surface area contributed by atoms with E-state index in [0.29, 0.717) is 5.39 Å². The monoisotopic (exact) mass is 247 g/mol. The van der Waals surface area contributed by atoms with E-state index in [4.69, 9.17) is 0 Å². The summed E-state index contributed by atoms with van der Waals surface area (Å²) in [6, 6.07) is 6.67. The molecule has 0 atom stereocenters. The van der Waals surface area contributed by atoms with Gasteiger partial charge >= 0.3 is 0 Å². The zero-order chi connectivity index (χ0) is 12.7. The van der Waals surface area contributed by atoms with E-state index in [9.17, 15) is 13.6 Å². The minimum Gasteiger partial charge on any atom is -0.268 e. The Bertz CT molecular complexity index is 791. The Labute approximate surface area is 99.5 Å². The topological polar surface area (TPSA) is 50.7 Å². The maximum Gasteiger partial charge on any atom is 0.264 e. The second kappa shape index (κ2) is 3.76. The lowest BCUT2D eigenvalue weighted by Crippen LogP contribution is -2.18. The Kier molecular flexibility index (Phi) is 2.22. The van der Waals surface area contributed by atoms with Crippen molar-refractivity contribution in [2.45, 2.75) is 0 Å². The van der Waals surface area contributed by atoms with Crippen molar-refractivity contribution in [3.05, 3.63) is 58.6 Å². The van der Waals surface area contributed by atoms with Crippen molar-refractivity contribution in [3.63, 3.8) is 0 Å². The van der Waals surface area contributed by atoms with Gasteiger partial charge in [-0.3, -0.25) is 14.5 Å². The third-order valence-corrected chi connectivity index (χ3v) is 2.65. The van der Waals surface area contributed by atoms with Crippen LogP contribution in [0.4, 0.5) is 8.78 Å². The number of H-pyrrole nitrogens is 1. The van der Waals surface area contributed by atoms with Crippen LogP contribution in [0.5, 0.6) is 0 Å². The molecule has 0 spiro atoms. The summed E-state index contributed by atoms with van der Waals surface area (Å²) in [6.07, 6.45) is 1.47. The van der Waals surface area contributed by atoms with Crippen LogP contribution >= 0.6 is 0 Å². The van der Waals surface area contributed by atoms with Gasteiger partial charge in [0.25, 0.3) is 5.56 Å². The van der Waals surface area contributed by atoms with Crippen LogP contribution in [0.25, 0.3) is 16.6 Å². The van der Waals surface area contributed by atoms with Crippen molar-refractivity contribution in [2.75, 3.05) is 0 Å². The Hall–Kier alpha value is -2.50. The molecule has 0 bridgehead atoms. The molecule has 4 nitrogen and oxygen atoms in total. The highest BCUT2D eigenvalue weighted by molar-refractivity contribution is 5.81. The minimum atomic E-state index is -0.642. The summed E-state index contributed by atoms with van der Waals surface area (Å²) in [4.78, 5) is 12.1. The fraction of sp³-hybridized carbons (Fsp3) is 0. The van der Waals surface area contributed by atoms with Crippen LogP contribution in [-0.4, -0.2) is 14.8 Å². The molecule has 0 radical (unpaired) electrons. The van der Waals surface area contributed by atoms with E-state index in [1.165, 1.54) is 18.3 Å². The highest BCUT2D eigenvalue weighted by Crippen LogP contribution is 2.12.